The first-order chi connectivity index (χ1) is 8.56. The fraction of sp³-hybridized carbons (Fsp3) is 0.167. The van der Waals surface area contributed by atoms with Crippen LogP contribution < -0.4 is 11.1 Å². The van der Waals surface area contributed by atoms with Crippen molar-refractivity contribution in [2.45, 2.75) is 6.04 Å². The Bertz CT molecular complexity index is 549. The maximum Gasteiger partial charge on any atom is 0.246 e. The van der Waals surface area contributed by atoms with Crippen LogP contribution in [-0.4, -0.2) is 15.7 Å². The zero-order valence-corrected chi connectivity index (χ0v) is 12.0. The fourth-order valence-electron chi connectivity index (χ4n) is 1.51. The molecule has 0 radical (unpaired) electrons. The van der Waals surface area contributed by atoms with E-state index in [1.807, 2.05) is 24.3 Å². The highest BCUT2D eigenvalue weighted by Gasteiger charge is 2.17. The number of hydrogen-bond donors (Lipinski definition) is 2. The van der Waals surface area contributed by atoms with Gasteiger partial charge in [-0.2, -0.15) is 5.10 Å². The molecule has 6 heteroatoms. The number of nitrogens with one attached hydrogen (secondary N) is 1. The van der Waals surface area contributed by atoms with E-state index in [0.717, 1.165) is 9.26 Å². The second-order valence-corrected chi connectivity index (χ2v) is 5.17. The quantitative estimate of drug-likeness (QED) is 0.822. The number of benzene rings is 1. The lowest BCUT2D eigenvalue weighted by molar-refractivity contribution is -0.117. The van der Waals surface area contributed by atoms with Crippen LogP contribution in [0.15, 0.2) is 36.7 Å². The molecule has 0 aliphatic carbocycles. The summed E-state index contributed by atoms with van der Waals surface area (Å²) in [6.45, 7) is 0. The fourth-order valence-corrected chi connectivity index (χ4v) is 1.86. The number of amides is 1. The Morgan fingerprint density at radius 2 is 2.11 bits per heavy atom. The average Bonchev–Trinajstić information content (AvgIpc) is 2.78. The number of nitrogens with zero attached hydrogens (tertiary/aromatic N) is 2. The minimum absolute atomic E-state index is 0.246. The molecule has 2 rings (SSSR count). The van der Waals surface area contributed by atoms with Crippen LogP contribution in [0.1, 0.15) is 11.6 Å². The lowest BCUT2D eigenvalue weighted by atomic mass is 10.1. The van der Waals surface area contributed by atoms with Crippen LogP contribution in [0.5, 0.6) is 0 Å². The van der Waals surface area contributed by atoms with Crippen LogP contribution in [-0.2, 0) is 11.8 Å². The summed E-state index contributed by atoms with van der Waals surface area (Å²) in [5, 5.41) is 6.77. The summed E-state index contributed by atoms with van der Waals surface area (Å²) in [4.78, 5) is 11.9. The molecule has 1 atom stereocenters. The summed E-state index contributed by atoms with van der Waals surface area (Å²) in [5.74, 6) is -0.246. The number of aryl methyl sites for hydroxylation is 1. The first-order valence-electron chi connectivity index (χ1n) is 5.37. The van der Waals surface area contributed by atoms with E-state index in [1.54, 1.807) is 24.1 Å². The molecule has 5 nitrogen and oxygen atoms in total. The van der Waals surface area contributed by atoms with E-state index in [9.17, 15) is 4.79 Å². The molecule has 0 spiro atoms. The van der Waals surface area contributed by atoms with Gasteiger partial charge in [0.15, 0.2) is 0 Å². The number of aromatic nitrogens is 2. The number of anilines is 1. The van der Waals surface area contributed by atoms with Crippen molar-refractivity contribution in [3.8, 4) is 0 Å². The van der Waals surface area contributed by atoms with Gasteiger partial charge in [-0.15, -0.1) is 0 Å². The van der Waals surface area contributed by atoms with Crippen LogP contribution in [0.3, 0.4) is 0 Å². The largest absolute Gasteiger partial charge is 0.324 e. The van der Waals surface area contributed by atoms with Crippen LogP contribution in [0, 0.1) is 3.57 Å². The molecule has 0 bridgehead atoms. The first-order valence-corrected chi connectivity index (χ1v) is 6.44. The first kappa shape index (κ1) is 13.0. The zero-order chi connectivity index (χ0) is 13.1. The highest BCUT2D eigenvalue weighted by molar-refractivity contribution is 14.1. The molecule has 0 saturated heterocycles. The summed E-state index contributed by atoms with van der Waals surface area (Å²) in [5.41, 5.74) is 7.29. The minimum atomic E-state index is -0.710. The topological polar surface area (TPSA) is 72.9 Å². The van der Waals surface area contributed by atoms with Crippen molar-refractivity contribution >= 4 is 34.2 Å². The van der Waals surface area contributed by atoms with E-state index in [4.69, 9.17) is 5.73 Å². The van der Waals surface area contributed by atoms with E-state index in [2.05, 4.69) is 33.0 Å². The molecular formula is C12H13IN4O. The minimum Gasteiger partial charge on any atom is -0.324 e. The van der Waals surface area contributed by atoms with Crippen LogP contribution >= 0.6 is 22.6 Å². The lowest BCUT2D eigenvalue weighted by Gasteiger charge is -2.10. The van der Waals surface area contributed by atoms with Gasteiger partial charge in [-0.1, -0.05) is 0 Å². The molecule has 1 aromatic heterocycles. The third-order valence-electron chi connectivity index (χ3n) is 2.48. The van der Waals surface area contributed by atoms with E-state index >= 15 is 0 Å². The molecule has 1 heterocycles. The molecule has 18 heavy (non-hydrogen) atoms. The number of carbonyl (C=O) groups is 1. The van der Waals surface area contributed by atoms with Gasteiger partial charge >= 0.3 is 0 Å². The Labute approximate surface area is 119 Å². The second-order valence-electron chi connectivity index (χ2n) is 3.92. The molecule has 2 aromatic rings. The standard InChI is InChI=1S/C12H13IN4O/c1-17-7-8(6-15-17)11(14)12(18)16-10-4-2-9(13)3-5-10/h2-7,11H,14H2,1H3,(H,16,18). The highest BCUT2D eigenvalue weighted by Crippen LogP contribution is 2.14. The lowest BCUT2D eigenvalue weighted by Crippen LogP contribution is -2.27. The van der Waals surface area contributed by atoms with Crippen LogP contribution in [0.25, 0.3) is 0 Å². The van der Waals surface area contributed by atoms with Gasteiger partial charge in [0.1, 0.15) is 6.04 Å². The number of rotatable bonds is 3. The second kappa shape index (κ2) is 5.49. The average molecular weight is 356 g/mol. The maximum absolute atomic E-state index is 11.9. The third-order valence-corrected chi connectivity index (χ3v) is 3.20. The molecule has 1 amide bonds. The van der Waals surface area contributed by atoms with Crippen molar-refractivity contribution in [1.29, 1.82) is 0 Å². The van der Waals surface area contributed by atoms with Crippen LogP contribution in [0.4, 0.5) is 5.69 Å². The highest BCUT2D eigenvalue weighted by atomic mass is 127. The maximum atomic E-state index is 11.9. The summed E-state index contributed by atoms with van der Waals surface area (Å²) < 4.78 is 2.73. The molecular weight excluding hydrogens is 343 g/mol. The monoisotopic (exact) mass is 356 g/mol. The smallest absolute Gasteiger partial charge is 0.246 e. The molecule has 94 valence electrons. The number of nitrogens with two attached hydrogens (primary N) is 1. The van der Waals surface area contributed by atoms with Gasteiger partial charge in [0, 0.05) is 28.1 Å². The Hall–Kier alpha value is -1.41. The van der Waals surface area contributed by atoms with Crippen LogP contribution in [0.2, 0.25) is 0 Å². The Kier molecular flexibility index (Phi) is 3.97. The number of halogens is 1. The summed E-state index contributed by atoms with van der Waals surface area (Å²) in [6.07, 6.45) is 3.33. The van der Waals surface area contributed by atoms with E-state index in [1.165, 1.54) is 0 Å². The van der Waals surface area contributed by atoms with E-state index in [-0.39, 0.29) is 5.91 Å². The van der Waals surface area contributed by atoms with Gasteiger partial charge in [0.25, 0.3) is 0 Å². The zero-order valence-electron chi connectivity index (χ0n) is 9.80. The molecule has 0 aliphatic rings. The molecule has 0 fully saturated rings. The molecule has 1 aromatic carbocycles. The molecule has 0 saturated carbocycles. The predicted molar refractivity (Wildman–Crippen MR) is 77.9 cm³/mol. The van der Waals surface area contributed by atoms with Gasteiger partial charge < -0.3 is 11.1 Å². The van der Waals surface area contributed by atoms with E-state index in [0.29, 0.717) is 5.56 Å². The summed E-state index contributed by atoms with van der Waals surface area (Å²) in [7, 11) is 1.78. The van der Waals surface area contributed by atoms with Gasteiger partial charge in [-0.3, -0.25) is 9.48 Å². The summed E-state index contributed by atoms with van der Waals surface area (Å²) in [6, 6.07) is 6.82. The number of carbonyl (C=O) groups excluding carboxylic acids is 1. The van der Waals surface area contributed by atoms with E-state index < -0.39 is 6.04 Å². The molecule has 0 aliphatic heterocycles. The van der Waals surface area contributed by atoms with Gasteiger partial charge in [-0.05, 0) is 46.9 Å². The van der Waals surface area contributed by atoms with Crippen molar-refractivity contribution < 1.29 is 4.79 Å². The molecule has 3 N–H and O–H groups in total. The predicted octanol–water partition coefficient (Wildman–Crippen LogP) is 1.66. The Morgan fingerprint density at radius 3 is 2.67 bits per heavy atom. The van der Waals surface area contributed by atoms with Gasteiger partial charge in [0.2, 0.25) is 5.91 Å². The van der Waals surface area contributed by atoms with Crippen molar-refractivity contribution in [1.82, 2.24) is 9.78 Å². The van der Waals surface area contributed by atoms with Gasteiger partial charge in [0.05, 0.1) is 6.20 Å². The Morgan fingerprint density at radius 1 is 1.44 bits per heavy atom. The third kappa shape index (κ3) is 3.08. The van der Waals surface area contributed by atoms with Gasteiger partial charge in [-0.25, -0.2) is 0 Å². The SMILES string of the molecule is Cn1cc(C(N)C(=O)Nc2ccc(I)cc2)cn1. The Balaban J connectivity index is 2.05. The van der Waals surface area contributed by atoms with Crippen molar-refractivity contribution in [3.05, 3.63) is 45.8 Å². The van der Waals surface area contributed by atoms with Crippen molar-refractivity contribution in [2.24, 2.45) is 12.8 Å². The van der Waals surface area contributed by atoms with Crippen molar-refractivity contribution in [3.63, 3.8) is 0 Å². The normalized spacial score (nSPS) is 12.2. The van der Waals surface area contributed by atoms with Crippen molar-refractivity contribution in [2.75, 3.05) is 5.32 Å². The number of hydrogen-bond acceptors (Lipinski definition) is 3. The summed E-state index contributed by atoms with van der Waals surface area (Å²) >= 11 is 2.21. The molecule has 1 unspecified atom stereocenters.